The molecule has 1 atom stereocenters. The molecule has 7 heteroatoms. The number of amides is 1. The maximum Gasteiger partial charge on any atom is 0.275 e. The largest absolute Gasteiger partial charge is 0.321 e. The lowest BCUT2D eigenvalue weighted by Gasteiger charge is -2.01. The van der Waals surface area contributed by atoms with Crippen LogP contribution in [0.15, 0.2) is 59.8 Å². The third kappa shape index (κ3) is 3.42. The van der Waals surface area contributed by atoms with E-state index in [1.165, 1.54) is 0 Å². The van der Waals surface area contributed by atoms with E-state index < -0.39 is 10.8 Å². The summed E-state index contributed by atoms with van der Waals surface area (Å²) >= 11 is 0. The normalized spacial score (nSPS) is 11.7. The van der Waals surface area contributed by atoms with E-state index in [1.807, 2.05) is 30.3 Å². The van der Waals surface area contributed by atoms with Gasteiger partial charge in [0.05, 0.1) is 15.7 Å². The minimum absolute atomic E-state index is 0. The maximum absolute atomic E-state index is 12.2. The van der Waals surface area contributed by atoms with Gasteiger partial charge in [-0.25, -0.2) is 4.98 Å². The van der Waals surface area contributed by atoms with Crippen LogP contribution in [0.3, 0.4) is 0 Å². The van der Waals surface area contributed by atoms with Crippen LogP contribution in [0.1, 0.15) is 10.5 Å². The van der Waals surface area contributed by atoms with Crippen molar-refractivity contribution in [2.24, 2.45) is 0 Å². The van der Waals surface area contributed by atoms with Gasteiger partial charge in [-0.05, 0) is 24.3 Å². The Morgan fingerprint density at radius 2 is 1.86 bits per heavy atom. The quantitative estimate of drug-likeness (QED) is 0.760. The Morgan fingerprint density at radius 1 is 1.14 bits per heavy atom. The van der Waals surface area contributed by atoms with Crippen molar-refractivity contribution in [3.05, 3.63) is 60.6 Å². The zero-order chi connectivity index (χ0) is 14.8. The number of carbonyl (C=O) groups is 1. The number of imidazole rings is 1. The van der Waals surface area contributed by atoms with Gasteiger partial charge in [-0.3, -0.25) is 9.00 Å². The zero-order valence-electron chi connectivity index (χ0n) is 11.7. The van der Waals surface area contributed by atoms with Crippen molar-refractivity contribution < 1.29 is 9.00 Å². The Morgan fingerprint density at radius 3 is 2.55 bits per heavy atom. The monoisotopic (exact) mass is 379 g/mol. The van der Waals surface area contributed by atoms with Gasteiger partial charge in [0.25, 0.3) is 5.91 Å². The van der Waals surface area contributed by atoms with Crippen LogP contribution in [0.2, 0.25) is 0 Å². The highest BCUT2D eigenvalue weighted by Gasteiger charge is 2.11. The highest BCUT2D eigenvalue weighted by Crippen LogP contribution is 2.12. The number of benzene rings is 1. The number of carbonyl (C=O) groups excluding carboxylic acids is 1. The van der Waals surface area contributed by atoms with Gasteiger partial charge in [0, 0.05) is 24.3 Å². The van der Waals surface area contributed by atoms with E-state index in [4.69, 9.17) is 0 Å². The van der Waals surface area contributed by atoms with E-state index in [0.29, 0.717) is 16.2 Å². The number of aromatic nitrogens is 2. The number of fused-ring (bicyclic) bond motifs is 1. The zero-order valence-corrected chi connectivity index (χ0v) is 14.3. The first-order valence-corrected chi connectivity index (χ1v) is 7.88. The highest BCUT2D eigenvalue weighted by molar-refractivity contribution is 8.93. The van der Waals surface area contributed by atoms with Crippen LogP contribution in [0.5, 0.6) is 0 Å². The number of pyridine rings is 1. The molecule has 0 aliphatic carbocycles. The number of anilines is 1. The summed E-state index contributed by atoms with van der Waals surface area (Å²) in [6.07, 6.45) is 4.96. The summed E-state index contributed by atoms with van der Waals surface area (Å²) in [5.41, 5.74) is 1.68. The summed E-state index contributed by atoms with van der Waals surface area (Å²) in [4.78, 5) is 17.1. The van der Waals surface area contributed by atoms with Gasteiger partial charge in [0.2, 0.25) is 0 Å². The lowest BCUT2D eigenvalue weighted by atomic mass is 10.3. The topological polar surface area (TPSA) is 63.5 Å². The average molecular weight is 380 g/mol. The fourth-order valence-corrected chi connectivity index (χ4v) is 2.49. The standard InChI is InChI=1S/C15H13N3O2S.BrH/c1-21(20)12-7-8-14-17-13(10-18(14)9-12)15(19)16-11-5-3-2-4-6-11;/h2-10H,1H3,(H,16,19);1H/t21-;/m1./s1. The van der Waals surface area contributed by atoms with Gasteiger partial charge in [-0.2, -0.15) is 0 Å². The van der Waals surface area contributed by atoms with Crippen molar-refractivity contribution in [3.63, 3.8) is 0 Å². The molecule has 0 aliphatic heterocycles. The predicted octanol–water partition coefficient (Wildman–Crippen LogP) is 2.90. The minimum Gasteiger partial charge on any atom is -0.321 e. The Labute approximate surface area is 140 Å². The Balaban J connectivity index is 0.00000176. The Kier molecular flexibility index (Phi) is 5.10. The molecule has 0 fully saturated rings. The average Bonchev–Trinajstić information content (AvgIpc) is 2.91. The van der Waals surface area contributed by atoms with Crippen molar-refractivity contribution in [2.75, 3.05) is 11.6 Å². The predicted molar refractivity (Wildman–Crippen MR) is 92.2 cm³/mol. The summed E-state index contributed by atoms with van der Waals surface area (Å²) in [5, 5.41) is 2.78. The summed E-state index contributed by atoms with van der Waals surface area (Å²) in [5.74, 6) is -0.274. The van der Waals surface area contributed by atoms with Crippen molar-refractivity contribution in [3.8, 4) is 0 Å². The van der Waals surface area contributed by atoms with Crippen LogP contribution in [-0.2, 0) is 10.8 Å². The second kappa shape index (κ2) is 6.85. The molecule has 2 heterocycles. The van der Waals surface area contributed by atoms with E-state index in [2.05, 4.69) is 10.3 Å². The maximum atomic E-state index is 12.2. The number of hydrogen-bond donors (Lipinski definition) is 1. The van der Waals surface area contributed by atoms with Crippen LogP contribution in [-0.4, -0.2) is 25.8 Å². The molecule has 0 radical (unpaired) electrons. The fourth-order valence-electron chi connectivity index (χ4n) is 1.97. The molecule has 0 saturated carbocycles. The van der Waals surface area contributed by atoms with Gasteiger partial charge < -0.3 is 9.72 Å². The molecule has 1 aromatic carbocycles. The van der Waals surface area contributed by atoms with E-state index in [9.17, 15) is 9.00 Å². The first-order valence-electron chi connectivity index (χ1n) is 6.32. The van der Waals surface area contributed by atoms with Crippen molar-refractivity contribution >= 4 is 45.0 Å². The van der Waals surface area contributed by atoms with Gasteiger partial charge in [-0.1, -0.05) is 18.2 Å². The molecule has 5 nitrogen and oxygen atoms in total. The van der Waals surface area contributed by atoms with Gasteiger partial charge in [0.1, 0.15) is 11.3 Å². The number of halogens is 1. The fraction of sp³-hybridized carbons (Fsp3) is 0.0667. The summed E-state index contributed by atoms with van der Waals surface area (Å²) in [6, 6.07) is 12.7. The SMILES string of the molecule is Br.C[S@@](=O)c1ccc2nc(C(=O)Nc3ccccc3)cn2c1. The molecule has 22 heavy (non-hydrogen) atoms. The molecule has 0 aliphatic rings. The molecule has 3 aromatic rings. The Bertz CT molecular complexity index is 833. The molecule has 3 rings (SSSR count). The number of hydrogen-bond acceptors (Lipinski definition) is 3. The molecule has 0 spiro atoms. The third-order valence-electron chi connectivity index (χ3n) is 3.02. The van der Waals surface area contributed by atoms with Crippen LogP contribution in [0.4, 0.5) is 5.69 Å². The second-order valence-electron chi connectivity index (χ2n) is 4.53. The van der Waals surface area contributed by atoms with Crippen LogP contribution in [0, 0.1) is 0 Å². The van der Waals surface area contributed by atoms with Gasteiger partial charge >= 0.3 is 0 Å². The summed E-state index contributed by atoms with van der Waals surface area (Å²) in [7, 11) is -1.07. The lowest BCUT2D eigenvalue weighted by Crippen LogP contribution is -2.11. The molecular formula is C15H14BrN3O2S. The van der Waals surface area contributed by atoms with Gasteiger partial charge in [0.15, 0.2) is 0 Å². The van der Waals surface area contributed by atoms with E-state index in [0.717, 1.165) is 5.69 Å². The number of nitrogens with one attached hydrogen (secondary N) is 1. The molecule has 1 amide bonds. The number of rotatable bonds is 3. The Hall–Kier alpha value is -1.99. The molecule has 114 valence electrons. The molecule has 1 N–H and O–H groups in total. The van der Waals surface area contributed by atoms with E-state index in [-0.39, 0.29) is 22.9 Å². The molecule has 0 bridgehead atoms. The van der Waals surface area contributed by atoms with E-state index in [1.54, 1.807) is 35.2 Å². The van der Waals surface area contributed by atoms with Gasteiger partial charge in [-0.15, -0.1) is 17.0 Å². The van der Waals surface area contributed by atoms with Crippen LogP contribution in [0.25, 0.3) is 5.65 Å². The smallest absolute Gasteiger partial charge is 0.275 e. The third-order valence-corrected chi connectivity index (χ3v) is 3.93. The summed E-state index contributed by atoms with van der Waals surface area (Å²) in [6.45, 7) is 0. The van der Waals surface area contributed by atoms with Crippen LogP contribution < -0.4 is 5.32 Å². The van der Waals surface area contributed by atoms with Crippen molar-refractivity contribution in [2.45, 2.75) is 4.90 Å². The minimum atomic E-state index is -1.07. The first kappa shape index (κ1) is 16.4. The molecule has 0 unspecified atom stereocenters. The highest BCUT2D eigenvalue weighted by atomic mass is 79.9. The molecule has 2 aromatic heterocycles. The van der Waals surface area contributed by atoms with E-state index >= 15 is 0 Å². The number of para-hydroxylation sites is 1. The van der Waals surface area contributed by atoms with Crippen molar-refractivity contribution in [1.29, 1.82) is 0 Å². The first-order chi connectivity index (χ1) is 10.1. The van der Waals surface area contributed by atoms with Crippen LogP contribution >= 0.6 is 17.0 Å². The number of nitrogens with zero attached hydrogens (tertiary/aromatic N) is 2. The summed E-state index contributed by atoms with van der Waals surface area (Å²) < 4.78 is 13.2. The van der Waals surface area contributed by atoms with Crippen molar-refractivity contribution in [1.82, 2.24) is 9.38 Å². The second-order valence-corrected chi connectivity index (χ2v) is 5.91. The lowest BCUT2D eigenvalue weighted by molar-refractivity contribution is 0.102. The molecular weight excluding hydrogens is 366 g/mol. The molecule has 0 saturated heterocycles.